The van der Waals surface area contributed by atoms with Crippen molar-refractivity contribution < 1.29 is 19.1 Å². The van der Waals surface area contributed by atoms with Crippen LogP contribution in [0.3, 0.4) is 0 Å². The SMILES string of the molecule is CC(C)(C)OC(=O)n1ccc(CCC(Br)Cc2ccccc2)n1.O=C=O. The van der Waals surface area contributed by atoms with E-state index in [2.05, 4.69) is 45.3 Å². The monoisotopic (exact) mass is 422 g/mol. The van der Waals surface area contributed by atoms with E-state index in [-0.39, 0.29) is 6.15 Å². The number of alkyl halides is 1. The maximum atomic E-state index is 11.9. The predicted molar refractivity (Wildman–Crippen MR) is 100 cm³/mol. The van der Waals surface area contributed by atoms with Gasteiger partial charge < -0.3 is 4.74 Å². The summed E-state index contributed by atoms with van der Waals surface area (Å²) in [6, 6.07) is 12.3. The summed E-state index contributed by atoms with van der Waals surface area (Å²) in [4.78, 5) is 28.6. The second kappa shape index (κ2) is 10.7. The molecule has 0 amide bonds. The Kier molecular flexibility index (Phi) is 8.96. The van der Waals surface area contributed by atoms with E-state index in [4.69, 9.17) is 14.3 Å². The molecule has 0 aliphatic heterocycles. The number of ether oxygens (including phenoxy) is 1. The summed E-state index contributed by atoms with van der Waals surface area (Å²) in [5, 5.41) is 4.29. The van der Waals surface area contributed by atoms with Gasteiger partial charge in [0.05, 0.1) is 5.69 Å². The summed E-state index contributed by atoms with van der Waals surface area (Å²) < 4.78 is 6.56. The maximum Gasteiger partial charge on any atom is 0.435 e. The summed E-state index contributed by atoms with van der Waals surface area (Å²) in [5.74, 6) is 0. The van der Waals surface area contributed by atoms with Crippen LogP contribution in [-0.2, 0) is 27.2 Å². The lowest BCUT2D eigenvalue weighted by atomic mass is 10.1. The van der Waals surface area contributed by atoms with Crippen molar-refractivity contribution in [3.8, 4) is 0 Å². The fourth-order valence-corrected chi connectivity index (χ4v) is 2.78. The van der Waals surface area contributed by atoms with Crippen LogP contribution in [0.5, 0.6) is 0 Å². The average Bonchev–Trinajstić information content (AvgIpc) is 3.02. The first-order valence-corrected chi connectivity index (χ1v) is 9.12. The van der Waals surface area contributed by atoms with Crippen LogP contribution < -0.4 is 0 Å². The van der Waals surface area contributed by atoms with Gasteiger partial charge in [0.15, 0.2) is 0 Å². The van der Waals surface area contributed by atoms with Gasteiger partial charge in [-0.25, -0.2) is 4.79 Å². The molecule has 7 heteroatoms. The van der Waals surface area contributed by atoms with Gasteiger partial charge in [-0.3, -0.25) is 0 Å². The number of benzene rings is 1. The van der Waals surface area contributed by atoms with Crippen molar-refractivity contribution >= 4 is 28.2 Å². The summed E-state index contributed by atoms with van der Waals surface area (Å²) in [5.41, 5.74) is 1.70. The molecule has 1 aromatic heterocycles. The minimum absolute atomic E-state index is 0.250. The number of aromatic nitrogens is 2. The van der Waals surface area contributed by atoms with E-state index in [1.807, 2.05) is 32.9 Å². The molecular formula is C19H23BrN2O4. The summed E-state index contributed by atoms with van der Waals surface area (Å²) >= 11 is 3.72. The van der Waals surface area contributed by atoms with Gasteiger partial charge in [0.25, 0.3) is 0 Å². The zero-order valence-electron chi connectivity index (χ0n) is 15.1. The van der Waals surface area contributed by atoms with Crippen molar-refractivity contribution in [1.82, 2.24) is 9.78 Å². The van der Waals surface area contributed by atoms with Gasteiger partial charge in [-0.1, -0.05) is 46.3 Å². The van der Waals surface area contributed by atoms with E-state index in [0.29, 0.717) is 4.83 Å². The van der Waals surface area contributed by atoms with Crippen LogP contribution in [-0.4, -0.2) is 32.5 Å². The molecule has 0 N–H and O–H groups in total. The van der Waals surface area contributed by atoms with E-state index >= 15 is 0 Å². The third-order valence-corrected chi connectivity index (χ3v) is 4.02. The largest absolute Gasteiger partial charge is 0.442 e. The molecule has 1 unspecified atom stereocenters. The highest BCUT2D eigenvalue weighted by Gasteiger charge is 2.18. The molecule has 0 fully saturated rings. The number of carbonyl (C=O) groups excluding carboxylic acids is 3. The number of aryl methyl sites for hydroxylation is 1. The van der Waals surface area contributed by atoms with Crippen LogP contribution >= 0.6 is 15.9 Å². The highest BCUT2D eigenvalue weighted by molar-refractivity contribution is 9.09. The van der Waals surface area contributed by atoms with E-state index in [1.165, 1.54) is 10.2 Å². The van der Waals surface area contributed by atoms with Crippen molar-refractivity contribution in [2.45, 2.75) is 50.5 Å². The molecule has 2 aromatic rings. The molecule has 0 aliphatic rings. The number of halogens is 1. The second-order valence-electron chi connectivity index (χ2n) is 6.64. The number of hydrogen-bond acceptors (Lipinski definition) is 5. The lowest BCUT2D eigenvalue weighted by molar-refractivity contribution is -0.191. The molecule has 6 nitrogen and oxygen atoms in total. The molecule has 140 valence electrons. The second-order valence-corrected chi connectivity index (χ2v) is 7.94. The Morgan fingerprint density at radius 1 is 1.23 bits per heavy atom. The number of carbonyl (C=O) groups is 1. The molecule has 1 heterocycles. The number of hydrogen-bond donors (Lipinski definition) is 0. The highest BCUT2D eigenvalue weighted by atomic mass is 79.9. The molecule has 0 spiro atoms. The zero-order chi connectivity index (χ0) is 19.6. The topological polar surface area (TPSA) is 78.3 Å². The molecule has 0 saturated heterocycles. The maximum absolute atomic E-state index is 11.9. The van der Waals surface area contributed by atoms with Crippen LogP contribution in [0.2, 0.25) is 0 Å². The van der Waals surface area contributed by atoms with Crippen LogP contribution in [0.4, 0.5) is 4.79 Å². The standard InChI is InChI=1S/C18H23BrN2O2.CO2/c1-18(2,3)23-17(22)21-12-11-16(20-21)10-9-15(19)13-14-7-5-4-6-8-14;2-1-3/h4-8,11-12,15H,9-10,13H2,1-3H3;. The fraction of sp³-hybridized carbons (Fsp3) is 0.421. The van der Waals surface area contributed by atoms with E-state index in [1.54, 1.807) is 6.20 Å². The van der Waals surface area contributed by atoms with Crippen LogP contribution in [0.1, 0.15) is 38.4 Å². The van der Waals surface area contributed by atoms with Gasteiger partial charge in [-0.15, -0.1) is 0 Å². The third-order valence-electron chi connectivity index (χ3n) is 3.24. The smallest absolute Gasteiger partial charge is 0.435 e. The zero-order valence-corrected chi connectivity index (χ0v) is 16.7. The normalized spacial score (nSPS) is 11.7. The van der Waals surface area contributed by atoms with Crippen LogP contribution in [0.25, 0.3) is 0 Å². The molecule has 0 radical (unpaired) electrons. The first kappa shape index (κ1) is 21.8. The van der Waals surface area contributed by atoms with E-state index in [9.17, 15) is 4.79 Å². The quantitative estimate of drug-likeness (QED) is 0.679. The summed E-state index contributed by atoms with van der Waals surface area (Å²) in [6.45, 7) is 5.52. The van der Waals surface area contributed by atoms with Gasteiger partial charge in [-0.2, -0.15) is 19.4 Å². The molecular weight excluding hydrogens is 400 g/mol. The van der Waals surface area contributed by atoms with E-state index < -0.39 is 11.7 Å². The summed E-state index contributed by atoms with van der Waals surface area (Å²) in [6.07, 6.45) is 4.22. The number of nitrogens with zero attached hydrogens (tertiary/aromatic N) is 2. The molecule has 26 heavy (non-hydrogen) atoms. The van der Waals surface area contributed by atoms with Gasteiger partial charge in [-0.05, 0) is 51.7 Å². The molecule has 0 bridgehead atoms. The summed E-state index contributed by atoms with van der Waals surface area (Å²) in [7, 11) is 0. The van der Waals surface area contributed by atoms with Crippen molar-refractivity contribution in [2.24, 2.45) is 0 Å². The first-order valence-electron chi connectivity index (χ1n) is 8.20. The molecule has 2 rings (SSSR count). The van der Waals surface area contributed by atoms with Crippen LogP contribution in [0.15, 0.2) is 42.6 Å². The van der Waals surface area contributed by atoms with Gasteiger partial charge in [0.2, 0.25) is 0 Å². The first-order chi connectivity index (χ1) is 12.2. The Labute approximate surface area is 161 Å². The fourth-order valence-electron chi connectivity index (χ4n) is 2.18. The van der Waals surface area contributed by atoms with Gasteiger partial charge in [0, 0.05) is 11.0 Å². The number of rotatable bonds is 5. The van der Waals surface area contributed by atoms with Crippen molar-refractivity contribution in [1.29, 1.82) is 0 Å². The van der Waals surface area contributed by atoms with Crippen molar-refractivity contribution in [3.63, 3.8) is 0 Å². The van der Waals surface area contributed by atoms with Gasteiger partial charge >= 0.3 is 12.2 Å². The van der Waals surface area contributed by atoms with Crippen LogP contribution in [0, 0.1) is 0 Å². The Morgan fingerprint density at radius 3 is 2.42 bits per heavy atom. The Bertz CT molecular complexity index is 717. The average molecular weight is 423 g/mol. The predicted octanol–water partition coefficient (Wildman–Crippen LogP) is 4.02. The van der Waals surface area contributed by atoms with Gasteiger partial charge in [0.1, 0.15) is 5.60 Å². The van der Waals surface area contributed by atoms with Crippen molar-refractivity contribution in [2.75, 3.05) is 0 Å². The Morgan fingerprint density at radius 2 is 1.85 bits per heavy atom. The highest BCUT2D eigenvalue weighted by Crippen LogP contribution is 2.16. The molecule has 1 atom stereocenters. The molecule has 1 aromatic carbocycles. The van der Waals surface area contributed by atoms with E-state index in [0.717, 1.165) is 25.0 Å². The Hall–Kier alpha value is -2.24. The molecule has 0 saturated carbocycles. The minimum Gasteiger partial charge on any atom is -0.442 e. The third kappa shape index (κ3) is 8.74. The Balaban J connectivity index is 0.00000105. The van der Waals surface area contributed by atoms with Crippen molar-refractivity contribution in [3.05, 3.63) is 53.9 Å². The lowest BCUT2D eigenvalue weighted by Gasteiger charge is -2.18. The molecule has 0 aliphatic carbocycles. The minimum atomic E-state index is -0.514. The lowest BCUT2D eigenvalue weighted by Crippen LogP contribution is -2.27.